The number of carbonyl (C=O) groups excluding carboxylic acids is 2. The van der Waals surface area contributed by atoms with Crippen molar-refractivity contribution in [1.82, 2.24) is 14.9 Å². The molecule has 4 bridgehead atoms. The van der Waals surface area contributed by atoms with Crippen LogP contribution in [0.3, 0.4) is 0 Å². The van der Waals surface area contributed by atoms with Gasteiger partial charge in [0.2, 0.25) is 5.91 Å². The Bertz CT molecular complexity index is 1130. The fraction of sp³-hybridized carbons (Fsp3) is 0.571. The van der Waals surface area contributed by atoms with Crippen LogP contribution in [0.25, 0.3) is 0 Å². The van der Waals surface area contributed by atoms with Gasteiger partial charge in [0.1, 0.15) is 17.9 Å². The van der Waals surface area contributed by atoms with Crippen molar-refractivity contribution in [1.29, 1.82) is 0 Å². The fourth-order valence-electron chi connectivity index (χ4n) is 7.84. The molecule has 5 aliphatic rings. The van der Waals surface area contributed by atoms with Gasteiger partial charge in [-0.25, -0.2) is 9.97 Å². The average molecular weight is 490 g/mol. The number of carbonyl (C=O) groups is 2. The molecule has 8 nitrogen and oxygen atoms in total. The first-order chi connectivity index (χ1) is 17.4. The Morgan fingerprint density at radius 1 is 1.08 bits per heavy atom. The van der Waals surface area contributed by atoms with Crippen LogP contribution in [0.4, 0.5) is 5.82 Å². The van der Waals surface area contributed by atoms with Crippen LogP contribution in [-0.2, 0) is 29.1 Å². The van der Waals surface area contributed by atoms with Gasteiger partial charge in [0, 0.05) is 37.2 Å². The minimum atomic E-state index is -0.494. The molecule has 4 fully saturated rings. The normalized spacial score (nSPS) is 28.5. The van der Waals surface area contributed by atoms with Gasteiger partial charge >= 0.3 is 0 Å². The van der Waals surface area contributed by atoms with Crippen LogP contribution in [0.2, 0.25) is 0 Å². The third kappa shape index (κ3) is 4.83. The number of hydrogen-bond donors (Lipinski definition) is 2. The Kier molecular flexibility index (Phi) is 6.15. The van der Waals surface area contributed by atoms with Crippen LogP contribution in [0.15, 0.2) is 30.6 Å². The fourth-order valence-corrected chi connectivity index (χ4v) is 7.84. The van der Waals surface area contributed by atoms with E-state index in [1.165, 1.54) is 38.5 Å². The molecule has 0 saturated heterocycles. The number of ether oxygens (including phenoxy) is 1. The number of anilines is 1. The zero-order chi connectivity index (χ0) is 24.7. The van der Waals surface area contributed by atoms with Crippen LogP contribution < -0.4 is 15.8 Å². The van der Waals surface area contributed by atoms with Gasteiger partial charge in [0.15, 0.2) is 6.61 Å². The van der Waals surface area contributed by atoms with Crippen LogP contribution >= 0.6 is 0 Å². The first-order valence-corrected chi connectivity index (χ1v) is 13.3. The lowest BCUT2D eigenvalue weighted by Gasteiger charge is -2.56. The van der Waals surface area contributed by atoms with E-state index in [-0.39, 0.29) is 17.9 Å². The number of benzene rings is 1. The maximum atomic E-state index is 13.2. The summed E-state index contributed by atoms with van der Waals surface area (Å²) in [4.78, 5) is 35.7. The number of rotatable bonds is 8. The second-order valence-corrected chi connectivity index (χ2v) is 11.6. The monoisotopic (exact) mass is 489 g/mol. The van der Waals surface area contributed by atoms with Crippen molar-refractivity contribution in [2.24, 2.45) is 28.9 Å². The van der Waals surface area contributed by atoms with E-state index in [4.69, 9.17) is 10.5 Å². The van der Waals surface area contributed by atoms with E-state index in [1.807, 2.05) is 24.3 Å². The SMILES string of the molecule is NC(=O)COc1ccccc1CN1CCc2c(ncnc2NC(=O)CC23CC4CC(CC(C4)C2)C3)C1. The van der Waals surface area contributed by atoms with Crippen LogP contribution in [-0.4, -0.2) is 39.8 Å². The molecular formula is C28H35N5O3. The predicted octanol–water partition coefficient (Wildman–Crippen LogP) is 3.44. The van der Waals surface area contributed by atoms with Gasteiger partial charge in [-0.2, -0.15) is 0 Å². The Morgan fingerprint density at radius 3 is 2.53 bits per heavy atom. The Hall–Kier alpha value is -3.00. The molecule has 36 heavy (non-hydrogen) atoms. The summed E-state index contributed by atoms with van der Waals surface area (Å²) < 4.78 is 5.60. The van der Waals surface area contributed by atoms with E-state index in [0.717, 1.165) is 47.5 Å². The molecule has 0 radical (unpaired) electrons. The van der Waals surface area contributed by atoms with Crippen molar-refractivity contribution >= 4 is 17.6 Å². The highest BCUT2D eigenvalue weighted by Gasteiger charge is 2.51. The molecule has 7 rings (SSSR count). The van der Waals surface area contributed by atoms with E-state index in [9.17, 15) is 9.59 Å². The quantitative estimate of drug-likeness (QED) is 0.588. The van der Waals surface area contributed by atoms with Gasteiger partial charge in [0.25, 0.3) is 5.91 Å². The Balaban J connectivity index is 1.10. The summed E-state index contributed by atoms with van der Waals surface area (Å²) in [7, 11) is 0. The van der Waals surface area contributed by atoms with E-state index < -0.39 is 5.91 Å². The molecule has 190 valence electrons. The number of aromatic nitrogens is 2. The van der Waals surface area contributed by atoms with Crippen LogP contribution in [0.5, 0.6) is 5.75 Å². The molecule has 0 atom stereocenters. The summed E-state index contributed by atoms with van der Waals surface area (Å²) in [5.41, 5.74) is 8.46. The second kappa shape index (κ2) is 9.47. The molecule has 8 heteroatoms. The molecular weight excluding hydrogens is 454 g/mol. The molecule has 0 unspecified atom stereocenters. The molecule has 2 aromatic rings. The number of nitrogens with two attached hydrogens (primary N) is 1. The Labute approximate surface area is 212 Å². The van der Waals surface area contributed by atoms with E-state index >= 15 is 0 Å². The van der Waals surface area contributed by atoms with Crippen molar-refractivity contribution in [3.8, 4) is 5.75 Å². The van der Waals surface area contributed by atoms with E-state index in [2.05, 4.69) is 20.2 Å². The van der Waals surface area contributed by atoms with Gasteiger partial charge in [-0.05, 0) is 74.2 Å². The number of hydrogen-bond acceptors (Lipinski definition) is 6. The molecule has 1 aliphatic heterocycles. The van der Waals surface area contributed by atoms with Crippen molar-refractivity contribution in [2.45, 2.75) is 64.5 Å². The number of amides is 2. The third-order valence-electron chi connectivity index (χ3n) is 8.78. The molecule has 3 N–H and O–H groups in total. The van der Waals surface area contributed by atoms with Crippen molar-refractivity contribution < 1.29 is 14.3 Å². The minimum absolute atomic E-state index is 0.112. The zero-order valence-corrected chi connectivity index (χ0v) is 20.7. The van der Waals surface area contributed by atoms with Gasteiger partial charge in [-0.1, -0.05) is 18.2 Å². The summed E-state index contributed by atoms with van der Waals surface area (Å²) in [6.45, 7) is 2.02. The van der Waals surface area contributed by atoms with Gasteiger partial charge in [0.05, 0.1) is 5.69 Å². The number of nitrogens with one attached hydrogen (secondary N) is 1. The third-order valence-corrected chi connectivity index (χ3v) is 8.78. The molecule has 1 aromatic heterocycles. The number of nitrogens with zero attached hydrogens (tertiary/aromatic N) is 3. The van der Waals surface area contributed by atoms with Crippen molar-refractivity contribution in [3.05, 3.63) is 47.4 Å². The smallest absolute Gasteiger partial charge is 0.255 e. The summed E-state index contributed by atoms with van der Waals surface area (Å²) in [6, 6.07) is 7.71. The van der Waals surface area contributed by atoms with E-state index in [0.29, 0.717) is 31.1 Å². The van der Waals surface area contributed by atoms with Crippen molar-refractivity contribution in [3.63, 3.8) is 0 Å². The van der Waals surface area contributed by atoms with Crippen LogP contribution in [0, 0.1) is 23.2 Å². The Morgan fingerprint density at radius 2 is 1.81 bits per heavy atom. The minimum Gasteiger partial charge on any atom is -0.483 e. The second-order valence-electron chi connectivity index (χ2n) is 11.6. The molecule has 2 amide bonds. The average Bonchev–Trinajstić information content (AvgIpc) is 2.82. The first kappa shape index (κ1) is 23.4. The summed E-state index contributed by atoms with van der Waals surface area (Å²) >= 11 is 0. The molecule has 2 heterocycles. The summed E-state index contributed by atoms with van der Waals surface area (Å²) in [5, 5.41) is 3.17. The maximum absolute atomic E-state index is 13.2. The first-order valence-electron chi connectivity index (χ1n) is 13.3. The molecule has 0 spiro atoms. The predicted molar refractivity (Wildman–Crippen MR) is 135 cm³/mol. The highest BCUT2D eigenvalue weighted by Crippen LogP contribution is 2.61. The van der Waals surface area contributed by atoms with E-state index in [1.54, 1.807) is 6.33 Å². The zero-order valence-electron chi connectivity index (χ0n) is 20.7. The van der Waals surface area contributed by atoms with Gasteiger partial charge in [-0.15, -0.1) is 0 Å². The highest BCUT2D eigenvalue weighted by molar-refractivity contribution is 5.91. The number of fused-ring (bicyclic) bond motifs is 1. The number of para-hydroxylation sites is 1. The summed E-state index contributed by atoms with van der Waals surface area (Å²) in [5.74, 6) is 3.49. The molecule has 4 saturated carbocycles. The number of primary amides is 1. The maximum Gasteiger partial charge on any atom is 0.255 e. The topological polar surface area (TPSA) is 110 Å². The lowest BCUT2D eigenvalue weighted by molar-refractivity contribution is -0.124. The standard InChI is InChI=1S/C28H35N5O3/c29-25(34)16-36-24-4-2-1-3-21(24)14-33-6-5-22-23(15-33)30-17-31-27(22)32-26(35)13-28-10-18-7-19(11-28)9-20(8-18)12-28/h1-4,17-20H,5-16H2,(H2,29,34)(H,30,31,32,35). The molecule has 4 aliphatic carbocycles. The molecule has 1 aromatic carbocycles. The summed E-state index contributed by atoms with van der Waals surface area (Å²) in [6.07, 6.45) is 10.8. The largest absolute Gasteiger partial charge is 0.483 e. The highest BCUT2D eigenvalue weighted by atomic mass is 16.5. The lowest BCUT2D eigenvalue weighted by atomic mass is 9.49. The lowest BCUT2D eigenvalue weighted by Crippen LogP contribution is -2.47. The van der Waals surface area contributed by atoms with Gasteiger partial charge < -0.3 is 15.8 Å². The van der Waals surface area contributed by atoms with Crippen molar-refractivity contribution in [2.75, 3.05) is 18.5 Å². The van der Waals surface area contributed by atoms with Crippen LogP contribution in [0.1, 0.15) is 61.8 Å². The van der Waals surface area contributed by atoms with Gasteiger partial charge in [-0.3, -0.25) is 14.5 Å².